The number of piperazine rings is 1. The molecule has 0 spiro atoms. The molecule has 34 heavy (non-hydrogen) atoms. The lowest BCUT2D eigenvalue weighted by Gasteiger charge is -2.29. The Bertz CT molecular complexity index is 1060. The van der Waals surface area contributed by atoms with Crippen molar-refractivity contribution in [2.75, 3.05) is 0 Å². The number of aliphatic carboxylic acids is 1. The maximum Gasteiger partial charge on any atom is 0.416 e. The molecule has 1 aliphatic rings. The molecule has 8 nitrogen and oxygen atoms in total. The summed E-state index contributed by atoms with van der Waals surface area (Å²) in [7, 11) is 0. The van der Waals surface area contributed by atoms with E-state index in [1.54, 1.807) is 12.1 Å². The minimum Gasteiger partial charge on any atom is -0.480 e. The minimum atomic E-state index is -4.52. The quantitative estimate of drug-likeness (QED) is 0.458. The van der Waals surface area contributed by atoms with Gasteiger partial charge >= 0.3 is 12.1 Å². The first-order valence-corrected chi connectivity index (χ1v) is 10.4. The number of rotatable bonds is 8. The van der Waals surface area contributed by atoms with Crippen LogP contribution in [0.25, 0.3) is 0 Å². The monoisotopic (exact) mass is 477 g/mol. The Hall–Kier alpha value is -3.89. The molecule has 3 amide bonds. The maximum absolute atomic E-state index is 12.7. The molecule has 0 aliphatic carbocycles. The molecule has 0 saturated carbocycles. The summed E-state index contributed by atoms with van der Waals surface area (Å²) in [6, 6.07) is 9.53. The summed E-state index contributed by atoms with van der Waals surface area (Å²) >= 11 is 0. The topological polar surface area (TPSA) is 125 Å². The van der Waals surface area contributed by atoms with Crippen LogP contribution in [0.2, 0.25) is 0 Å². The van der Waals surface area contributed by atoms with Crippen LogP contribution in [0.5, 0.6) is 0 Å². The highest BCUT2D eigenvalue weighted by Crippen LogP contribution is 2.29. The molecule has 1 aliphatic heterocycles. The first-order valence-electron chi connectivity index (χ1n) is 10.4. The van der Waals surface area contributed by atoms with Crippen molar-refractivity contribution < 1.29 is 37.5 Å². The third-order valence-corrected chi connectivity index (χ3v) is 5.29. The van der Waals surface area contributed by atoms with Gasteiger partial charge in [-0.15, -0.1) is 0 Å². The molecule has 1 saturated heterocycles. The number of nitrogens with one attached hydrogen (secondary N) is 3. The van der Waals surface area contributed by atoms with Crippen LogP contribution in [0.4, 0.5) is 13.2 Å². The van der Waals surface area contributed by atoms with Crippen LogP contribution in [0.3, 0.4) is 0 Å². The first-order chi connectivity index (χ1) is 16.0. The van der Waals surface area contributed by atoms with Gasteiger partial charge in [-0.05, 0) is 23.3 Å². The van der Waals surface area contributed by atoms with Crippen molar-refractivity contribution in [1.29, 1.82) is 0 Å². The van der Waals surface area contributed by atoms with Crippen LogP contribution in [-0.2, 0) is 38.2 Å². The van der Waals surface area contributed by atoms with Crippen molar-refractivity contribution in [2.24, 2.45) is 0 Å². The van der Waals surface area contributed by atoms with E-state index in [9.17, 15) is 37.5 Å². The fourth-order valence-corrected chi connectivity index (χ4v) is 3.52. The minimum absolute atomic E-state index is 0.262. The average Bonchev–Trinajstić information content (AvgIpc) is 2.77. The highest BCUT2D eigenvalue weighted by atomic mass is 19.4. The molecule has 0 unspecified atom stereocenters. The molecule has 3 rings (SSSR count). The lowest BCUT2D eigenvalue weighted by Crippen LogP contribution is -2.63. The summed E-state index contributed by atoms with van der Waals surface area (Å²) in [5, 5.41) is 16.7. The average molecular weight is 477 g/mol. The molecule has 0 bridgehead atoms. The summed E-state index contributed by atoms with van der Waals surface area (Å²) in [6.07, 6.45) is -5.01. The SMILES string of the molecule is O=C(C[C@@H]1NC(=O)[C@H](Cc2ccccc2)NC1=O)N[C@H](Cc1ccc(C(F)(F)F)cc1)C(=O)O. The number of amides is 3. The van der Waals surface area contributed by atoms with Crippen molar-refractivity contribution in [3.8, 4) is 0 Å². The Morgan fingerprint density at radius 2 is 1.50 bits per heavy atom. The molecule has 180 valence electrons. The third-order valence-electron chi connectivity index (χ3n) is 5.29. The number of hydrogen-bond acceptors (Lipinski definition) is 4. The normalized spacial score (nSPS) is 19.0. The van der Waals surface area contributed by atoms with Gasteiger partial charge < -0.3 is 21.1 Å². The van der Waals surface area contributed by atoms with Gasteiger partial charge in [-0.2, -0.15) is 13.2 Å². The number of carbonyl (C=O) groups excluding carboxylic acids is 3. The zero-order valence-corrected chi connectivity index (χ0v) is 17.8. The van der Waals surface area contributed by atoms with E-state index >= 15 is 0 Å². The molecule has 2 aromatic carbocycles. The van der Waals surface area contributed by atoms with Crippen LogP contribution >= 0.6 is 0 Å². The Kier molecular flexibility index (Phi) is 7.54. The van der Waals surface area contributed by atoms with Gasteiger partial charge in [0.25, 0.3) is 0 Å². The van der Waals surface area contributed by atoms with E-state index in [1.165, 1.54) is 0 Å². The van der Waals surface area contributed by atoms with E-state index < -0.39 is 60.0 Å². The Balaban J connectivity index is 1.56. The Labute approximate surface area is 192 Å². The smallest absolute Gasteiger partial charge is 0.416 e. The number of carboxylic acid groups (broad SMARTS) is 1. The molecule has 2 aromatic rings. The lowest BCUT2D eigenvalue weighted by atomic mass is 10.0. The second-order valence-corrected chi connectivity index (χ2v) is 7.87. The van der Waals surface area contributed by atoms with E-state index in [1.807, 2.05) is 18.2 Å². The van der Waals surface area contributed by atoms with Crippen LogP contribution in [0.1, 0.15) is 23.1 Å². The molecular weight excluding hydrogens is 455 g/mol. The predicted octanol–water partition coefficient (Wildman–Crippen LogP) is 1.43. The van der Waals surface area contributed by atoms with Crippen LogP contribution in [0, 0.1) is 0 Å². The summed E-state index contributed by atoms with van der Waals surface area (Å²) in [4.78, 5) is 48.7. The van der Waals surface area contributed by atoms with E-state index in [0.29, 0.717) is 0 Å². The molecule has 3 atom stereocenters. The van der Waals surface area contributed by atoms with Gasteiger partial charge in [0.1, 0.15) is 18.1 Å². The Morgan fingerprint density at radius 1 is 0.912 bits per heavy atom. The molecule has 1 fully saturated rings. The molecular formula is C23H22F3N3O5. The van der Waals surface area contributed by atoms with Crippen molar-refractivity contribution >= 4 is 23.7 Å². The van der Waals surface area contributed by atoms with E-state index in [2.05, 4.69) is 16.0 Å². The van der Waals surface area contributed by atoms with Gasteiger partial charge in [0, 0.05) is 12.8 Å². The molecule has 4 N–H and O–H groups in total. The predicted molar refractivity (Wildman–Crippen MR) is 113 cm³/mol. The summed E-state index contributed by atoms with van der Waals surface area (Å²) < 4.78 is 38.1. The molecule has 11 heteroatoms. The van der Waals surface area contributed by atoms with Crippen molar-refractivity contribution in [2.45, 2.75) is 43.6 Å². The van der Waals surface area contributed by atoms with Crippen LogP contribution in [0.15, 0.2) is 54.6 Å². The number of carbonyl (C=O) groups is 4. The number of carboxylic acids is 1. The highest BCUT2D eigenvalue weighted by Gasteiger charge is 2.35. The number of halogens is 3. The second kappa shape index (κ2) is 10.4. The maximum atomic E-state index is 12.7. The zero-order chi connectivity index (χ0) is 24.9. The van der Waals surface area contributed by atoms with E-state index in [0.717, 1.165) is 29.8 Å². The van der Waals surface area contributed by atoms with Crippen molar-refractivity contribution in [3.05, 3.63) is 71.3 Å². The fraction of sp³-hybridized carbons (Fsp3) is 0.304. The van der Waals surface area contributed by atoms with Crippen LogP contribution < -0.4 is 16.0 Å². The lowest BCUT2D eigenvalue weighted by molar-refractivity contribution is -0.142. The van der Waals surface area contributed by atoms with E-state index in [-0.39, 0.29) is 18.4 Å². The van der Waals surface area contributed by atoms with Crippen molar-refractivity contribution in [3.63, 3.8) is 0 Å². The number of alkyl halides is 3. The summed E-state index contributed by atoms with van der Waals surface area (Å²) in [6.45, 7) is 0. The molecule has 1 heterocycles. The zero-order valence-electron chi connectivity index (χ0n) is 17.8. The molecule has 0 aromatic heterocycles. The van der Waals surface area contributed by atoms with Crippen molar-refractivity contribution in [1.82, 2.24) is 16.0 Å². The number of hydrogen-bond donors (Lipinski definition) is 4. The first kappa shape index (κ1) is 24.7. The van der Waals surface area contributed by atoms with Gasteiger partial charge in [-0.1, -0.05) is 42.5 Å². The second-order valence-electron chi connectivity index (χ2n) is 7.87. The van der Waals surface area contributed by atoms with Crippen LogP contribution in [-0.4, -0.2) is 46.9 Å². The number of benzene rings is 2. The Morgan fingerprint density at radius 3 is 2.09 bits per heavy atom. The van der Waals surface area contributed by atoms with Gasteiger partial charge in [0.05, 0.1) is 12.0 Å². The highest BCUT2D eigenvalue weighted by molar-refractivity contribution is 5.99. The van der Waals surface area contributed by atoms with Gasteiger partial charge in [-0.25, -0.2) is 4.79 Å². The molecule has 0 radical (unpaired) electrons. The summed E-state index contributed by atoms with van der Waals surface area (Å²) in [5.41, 5.74) is 0.233. The van der Waals surface area contributed by atoms with Gasteiger partial charge in [0.15, 0.2) is 0 Å². The third kappa shape index (κ3) is 6.56. The largest absolute Gasteiger partial charge is 0.480 e. The van der Waals surface area contributed by atoms with Gasteiger partial charge in [-0.3, -0.25) is 14.4 Å². The standard InChI is InChI=1S/C23H22F3N3O5/c24-23(25,26)15-8-6-14(7-9-15)11-18(22(33)34)27-19(30)12-17-21(32)28-16(20(31)29-17)10-13-4-2-1-3-5-13/h1-9,16-18H,10-12H2,(H,27,30)(H,28,32)(H,29,31)(H,33,34)/t16-,17-,18+/m0/s1. The fourth-order valence-electron chi connectivity index (χ4n) is 3.52. The summed E-state index contributed by atoms with van der Waals surface area (Å²) in [5.74, 6) is -3.25. The van der Waals surface area contributed by atoms with Gasteiger partial charge in [0.2, 0.25) is 17.7 Å². The van der Waals surface area contributed by atoms with E-state index in [4.69, 9.17) is 0 Å².